The molecule has 13 heavy (non-hydrogen) atoms. The van der Waals surface area contributed by atoms with E-state index in [4.69, 9.17) is 5.73 Å². The fourth-order valence-corrected chi connectivity index (χ4v) is 1.47. The maximum absolute atomic E-state index is 11.5. The van der Waals surface area contributed by atoms with Gasteiger partial charge in [0, 0.05) is 25.6 Å². The Morgan fingerprint density at radius 1 is 1.77 bits per heavy atom. The molecule has 4 nitrogen and oxygen atoms in total. The molecule has 0 aliphatic carbocycles. The number of nitrogens with two attached hydrogens (primary N) is 1. The Morgan fingerprint density at radius 3 is 2.92 bits per heavy atom. The number of likely N-dealkylation sites (tertiary alicyclic amines) is 1. The Bertz CT molecular complexity index is 184. The fourth-order valence-electron chi connectivity index (χ4n) is 1.47. The van der Waals surface area contributed by atoms with Crippen molar-refractivity contribution in [3.8, 4) is 0 Å². The third kappa shape index (κ3) is 2.97. The SMILES string of the molecule is CCC(N)CC(=O)N1CCC(O)C1. The van der Waals surface area contributed by atoms with Gasteiger partial charge in [-0.15, -0.1) is 0 Å². The van der Waals surface area contributed by atoms with Gasteiger partial charge in [0.1, 0.15) is 0 Å². The lowest BCUT2D eigenvalue weighted by Gasteiger charge is -2.17. The Kier molecular flexibility index (Phi) is 3.69. The monoisotopic (exact) mass is 186 g/mol. The number of nitrogens with zero attached hydrogens (tertiary/aromatic N) is 1. The van der Waals surface area contributed by atoms with Crippen LogP contribution < -0.4 is 5.73 Å². The molecule has 1 fully saturated rings. The van der Waals surface area contributed by atoms with Gasteiger partial charge in [0.25, 0.3) is 0 Å². The molecule has 0 aromatic carbocycles. The smallest absolute Gasteiger partial charge is 0.224 e. The Morgan fingerprint density at radius 2 is 2.46 bits per heavy atom. The van der Waals surface area contributed by atoms with Gasteiger partial charge in [0.05, 0.1) is 6.10 Å². The summed E-state index contributed by atoms with van der Waals surface area (Å²) in [5.41, 5.74) is 5.67. The Balaban J connectivity index is 2.31. The van der Waals surface area contributed by atoms with E-state index in [1.54, 1.807) is 4.90 Å². The van der Waals surface area contributed by atoms with Gasteiger partial charge in [-0.3, -0.25) is 4.79 Å². The van der Waals surface area contributed by atoms with Crippen LogP contribution in [0.2, 0.25) is 0 Å². The van der Waals surface area contributed by atoms with Crippen LogP contribution in [-0.4, -0.2) is 41.1 Å². The van der Waals surface area contributed by atoms with E-state index in [1.807, 2.05) is 6.92 Å². The molecule has 3 N–H and O–H groups in total. The fraction of sp³-hybridized carbons (Fsp3) is 0.889. The Hall–Kier alpha value is -0.610. The van der Waals surface area contributed by atoms with Crippen molar-refractivity contribution in [1.82, 2.24) is 4.90 Å². The molecule has 0 spiro atoms. The number of aliphatic hydroxyl groups excluding tert-OH is 1. The van der Waals surface area contributed by atoms with E-state index in [0.29, 0.717) is 25.9 Å². The van der Waals surface area contributed by atoms with Crippen molar-refractivity contribution in [3.05, 3.63) is 0 Å². The second-order valence-corrected chi connectivity index (χ2v) is 3.65. The molecule has 1 saturated heterocycles. The average Bonchev–Trinajstić information content (AvgIpc) is 2.51. The summed E-state index contributed by atoms with van der Waals surface area (Å²) < 4.78 is 0. The molecule has 1 heterocycles. The van der Waals surface area contributed by atoms with Gasteiger partial charge in [-0.1, -0.05) is 6.92 Å². The number of hydrogen-bond donors (Lipinski definition) is 2. The second-order valence-electron chi connectivity index (χ2n) is 3.65. The molecule has 0 radical (unpaired) electrons. The van der Waals surface area contributed by atoms with Crippen molar-refractivity contribution in [2.75, 3.05) is 13.1 Å². The zero-order chi connectivity index (χ0) is 9.84. The molecule has 0 bridgehead atoms. The number of β-amino-alcohol motifs (C(OH)–C–C–N with tert-alkyl or cyclic N) is 1. The first-order valence-corrected chi connectivity index (χ1v) is 4.85. The number of carbonyl (C=O) groups is 1. The topological polar surface area (TPSA) is 66.6 Å². The van der Waals surface area contributed by atoms with Gasteiger partial charge in [-0.25, -0.2) is 0 Å². The van der Waals surface area contributed by atoms with Crippen LogP contribution in [-0.2, 0) is 4.79 Å². The summed E-state index contributed by atoms with van der Waals surface area (Å²) in [6, 6.07) is -0.0368. The number of hydrogen-bond acceptors (Lipinski definition) is 3. The zero-order valence-electron chi connectivity index (χ0n) is 8.07. The second kappa shape index (κ2) is 4.58. The molecule has 0 aromatic heterocycles. The van der Waals surface area contributed by atoms with Crippen molar-refractivity contribution in [3.63, 3.8) is 0 Å². The van der Waals surface area contributed by atoms with Crippen molar-refractivity contribution >= 4 is 5.91 Å². The third-order valence-corrected chi connectivity index (χ3v) is 2.48. The van der Waals surface area contributed by atoms with E-state index in [0.717, 1.165) is 6.42 Å². The van der Waals surface area contributed by atoms with Crippen LogP contribution in [0.3, 0.4) is 0 Å². The van der Waals surface area contributed by atoms with Crippen LogP contribution in [0, 0.1) is 0 Å². The molecule has 1 aliphatic rings. The first-order valence-electron chi connectivity index (χ1n) is 4.85. The van der Waals surface area contributed by atoms with Gasteiger partial charge in [-0.2, -0.15) is 0 Å². The Labute approximate surface area is 78.7 Å². The molecule has 1 rings (SSSR count). The summed E-state index contributed by atoms with van der Waals surface area (Å²) in [6.07, 6.45) is 1.60. The lowest BCUT2D eigenvalue weighted by Crippen LogP contribution is -2.34. The summed E-state index contributed by atoms with van der Waals surface area (Å²) in [4.78, 5) is 13.2. The minimum atomic E-state index is -0.332. The third-order valence-electron chi connectivity index (χ3n) is 2.48. The predicted octanol–water partition coefficient (Wildman–Crippen LogP) is -0.293. The molecule has 4 heteroatoms. The molecular weight excluding hydrogens is 168 g/mol. The summed E-state index contributed by atoms with van der Waals surface area (Å²) in [5, 5.41) is 9.21. The minimum Gasteiger partial charge on any atom is -0.391 e. The van der Waals surface area contributed by atoms with E-state index < -0.39 is 0 Å². The highest BCUT2D eigenvalue weighted by Gasteiger charge is 2.24. The van der Waals surface area contributed by atoms with Gasteiger partial charge in [-0.05, 0) is 12.8 Å². The number of carbonyl (C=O) groups excluding carboxylic acids is 1. The first kappa shape index (κ1) is 10.5. The van der Waals surface area contributed by atoms with Crippen LogP contribution in [0.1, 0.15) is 26.2 Å². The highest BCUT2D eigenvalue weighted by molar-refractivity contribution is 5.77. The molecular formula is C9H18N2O2. The van der Waals surface area contributed by atoms with Crippen molar-refractivity contribution in [2.24, 2.45) is 5.73 Å². The van der Waals surface area contributed by atoms with Gasteiger partial charge < -0.3 is 15.7 Å². The normalized spacial score (nSPS) is 24.8. The van der Waals surface area contributed by atoms with Crippen LogP contribution in [0.25, 0.3) is 0 Å². The number of amides is 1. The summed E-state index contributed by atoms with van der Waals surface area (Å²) in [5.74, 6) is 0.0749. The first-order chi connectivity index (χ1) is 6.13. The quantitative estimate of drug-likeness (QED) is 0.636. The van der Waals surface area contributed by atoms with E-state index in [1.165, 1.54) is 0 Å². The summed E-state index contributed by atoms with van der Waals surface area (Å²) in [7, 11) is 0. The molecule has 1 aliphatic heterocycles. The minimum absolute atomic E-state index is 0.0368. The summed E-state index contributed by atoms with van der Waals surface area (Å²) >= 11 is 0. The molecule has 1 amide bonds. The van der Waals surface area contributed by atoms with Crippen LogP contribution in [0.4, 0.5) is 0 Å². The molecule has 76 valence electrons. The molecule has 2 atom stereocenters. The maximum atomic E-state index is 11.5. The number of rotatable bonds is 3. The lowest BCUT2D eigenvalue weighted by molar-refractivity contribution is -0.130. The van der Waals surface area contributed by atoms with Crippen molar-refractivity contribution in [2.45, 2.75) is 38.3 Å². The predicted molar refractivity (Wildman–Crippen MR) is 50.1 cm³/mol. The average molecular weight is 186 g/mol. The highest BCUT2D eigenvalue weighted by Crippen LogP contribution is 2.10. The van der Waals surface area contributed by atoms with Gasteiger partial charge in [0.15, 0.2) is 0 Å². The van der Waals surface area contributed by atoms with E-state index in [9.17, 15) is 9.90 Å². The zero-order valence-corrected chi connectivity index (χ0v) is 8.07. The summed E-state index contributed by atoms with van der Waals surface area (Å²) in [6.45, 7) is 3.13. The van der Waals surface area contributed by atoms with Crippen LogP contribution in [0.15, 0.2) is 0 Å². The van der Waals surface area contributed by atoms with Gasteiger partial charge >= 0.3 is 0 Å². The van der Waals surface area contributed by atoms with Crippen LogP contribution in [0.5, 0.6) is 0 Å². The molecule has 0 saturated carbocycles. The van der Waals surface area contributed by atoms with E-state index >= 15 is 0 Å². The van der Waals surface area contributed by atoms with E-state index in [2.05, 4.69) is 0 Å². The molecule has 0 aromatic rings. The van der Waals surface area contributed by atoms with Gasteiger partial charge in [0.2, 0.25) is 5.91 Å². The lowest BCUT2D eigenvalue weighted by atomic mass is 10.1. The largest absolute Gasteiger partial charge is 0.391 e. The van der Waals surface area contributed by atoms with Crippen molar-refractivity contribution < 1.29 is 9.90 Å². The maximum Gasteiger partial charge on any atom is 0.224 e. The van der Waals surface area contributed by atoms with Crippen molar-refractivity contribution in [1.29, 1.82) is 0 Å². The number of aliphatic hydroxyl groups is 1. The van der Waals surface area contributed by atoms with Crippen LogP contribution >= 0.6 is 0 Å². The van der Waals surface area contributed by atoms with E-state index in [-0.39, 0.29) is 18.1 Å². The molecule has 2 unspecified atom stereocenters. The highest BCUT2D eigenvalue weighted by atomic mass is 16.3. The standard InChI is InChI=1S/C9H18N2O2/c1-2-7(10)5-9(13)11-4-3-8(12)6-11/h7-8,12H,2-6,10H2,1H3.